The largest absolute Gasteiger partial charge is 0.341 e. The van der Waals surface area contributed by atoms with E-state index in [4.69, 9.17) is 5.73 Å². The first-order chi connectivity index (χ1) is 11.0. The Bertz CT molecular complexity index is 458. The molecule has 2 heterocycles. The number of rotatable bonds is 3. The van der Waals surface area contributed by atoms with Crippen LogP contribution in [0.5, 0.6) is 0 Å². The van der Waals surface area contributed by atoms with Gasteiger partial charge in [-0.2, -0.15) is 0 Å². The maximum atomic E-state index is 12.6. The molecule has 1 atom stereocenters. The first-order valence-electron chi connectivity index (χ1n) is 9.12. The van der Waals surface area contributed by atoms with Crippen LogP contribution in [0.2, 0.25) is 0 Å². The molecule has 0 radical (unpaired) electrons. The van der Waals surface area contributed by atoms with Crippen molar-refractivity contribution in [3.8, 4) is 0 Å². The number of nitrogens with two attached hydrogens (primary N) is 1. The van der Waals surface area contributed by atoms with E-state index in [-0.39, 0.29) is 42.7 Å². The molecule has 0 bridgehead atoms. The average molecular weight is 395 g/mol. The predicted molar refractivity (Wildman–Crippen MR) is 103 cm³/mol. The Kier molecular flexibility index (Phi) is 8.45. The highest BCUT2D eigenvalue weighted by atomic mass is 35.5. The Morgan fingerprint density at radius 1 is 0.840 bits per heavy atom. The van der Waals surface area contributed by atoms with Crippen molar-refractivity contribution in [2.45, 2.75) is 57.0 Å². The van der Waals surface area contributed by atoms with Gasteiger partial charge in [-0.15, -0.1) is 24.8 Å². The second-order valence-electron chi connectivity index (χ2n) is 7.40. The molecule has 2 N–H and O–H groups in total. The van der Waals surface area contributed by atoms with Gasteiger partial charge in [0.25, 0.3) is 0 Å². The van der Waals surface area contributed by atoms with Gasteiger partial charge in [0.05, 0.1) is 11.6 Å². The zero-order valence-corrected chi connectivity index (χ0v) is 16.7. The SMILES string of the molecule is CC(C(=O)N1CCCC1)N1CCN(C(=O)C2(N)CCCC2)CC1.Cl.Cl. The van der Waals surface area contributed by atoms with E-state index in [9.17, 15) is 9.59 Å². The summed E-state index contributed by atoms with van der Waals surface area (Å²) in [4.78, 5) is 31.3. The van der Waals surface area contributed by atoms with Crippen LogP contribution in [0.4, 0.5) is 0 Å². The van der Waals surface area contributed by atoms with Crippen LogP contribution >= 0.6 is 24.8 Å². The van der Waals surface area contributed by atoms with Crippen LogP contribution in [-0.4, -0.2) is 77.4 Å². The standard InChI is InChI=1S/C17H30N4O2.2ClH/c1-14(15(22)20-8-4-5-9-20)19-10-12-21(13-11-19)16(23)17(18)6-2-3-7-17;;/h14H,2-13,18H2,1H3;2*1H. The number of carbonyl (C=O) groups is 2. The molecule has 0 aromatic carbocycles. The van der Waals surface area contributed by atoms with Gasteiger partial charge in [-0.05, 0) is 32.6 Å². The molecule has 2 amide bonds. The van der Waals surface area contributed by atoms with Crippen LogP contribution in [0, 0.1) is 0 Å². The van der Waals surface area contributed by atoms with Crippen LogP contribution in [0.1, 0.15) is 45.4 Å². The zero-order valence-electron chi connectivity index (χ0n) is 15.1. The van der Waals surface area contributed by atoms with Gasteiger partial charge in [0.1, 0.15) is 0 Å². The molecule has 0 aromatic rings. The summed E-state index contributed by atoms with van der Waals surface area (Å²) in [6, 6.07) is -0.0799. The lowest BCUT2D eigenvalue weighted by Crippen LogP contribution is -2.60. The van der Waals surface area contributed by atoms with E-state index in [1.54, 1.807) is 0 Å². The number of hydrogen-bond donors (Lipinski definition) is 1. The van der Waals surface area contributed by atoms with Gasteiger partial charge in [0.2, 0.25) is 11.8 Å². The second-order valence-corrected chi connectivity index (χ2v) is 7.40. The van der Waals surface area contributed by atoms with Crippen molar-refractivity contribution >= 4 is 36.6 Å². The zero-order chi connectivity index (χ0) is 16.4. The smallest absolute Gasteiger partial charge is 0.242 e. The van der Waals surface area contributed by atoms with E-state index < -0.39 is 5.54 Å². The summed E-state index contributed by atoms with van der Waals surface area (Å²) in [6.07, 6.45) is 6.00. The molecule has 3 fully saturated rings. The molecule has 0 aromatic heterocycles. The third kappa shape index (κ3) is 4.79. The topological polar surface area (TPSA) is 69.9 Å². The van der Waals surface area contributed by atoms with Crippen LogP contribution in [-0.2, 0) is 9.59 Å². The fraction of sp³-hybridized carbons (Fsp3) is 0.882. The van der Waals surface area contributed by atoms with Crippen molar-refractivity contribution in [1.29, 1.82) is 0 Å². The molecule has 1 saturated carbocycles. The summed E-state index contributed by atoms with van der Waals surface area (Å²) in [7, 11) is 0. The number of hydrogen-bond acceptors (Lipinski definition) is 4. The van der Waals surface area contributed by atoms with E-state index in [2.05, 4.69) is 4.90 Å². The molecule has 3 rings (SSSR count). The van der Waals surface area contributed by atoms with E-state index in [1.165, 1.54) is 0 Å². The Morgan fingerprint density at radius 2 is 1.36 bits per heavy atom. The van der Waals surface area contributed by atoms with Gasteiger partial charge in [-0.3, -0.25) is 14.5 Å². The summed E-state index contributed by atoms with van der Waals surface area (Å²) >= 11 is 0. The Hall–Kier alpha value is -0.560. The van der Waals surface area contributed by atoms with Crippen LogP contribution in [0.15, 0.2) is 0 Å². The lowest BCUT2D eigenvalue weighted by atomic mass is 9.96. The van der Waals surface area contributed by atoms with Crippen molar-refractivity contribution in [3.63, 3.8) is 0 Å². The van der Waals surface area contributed by atoms with Crippen LogP contribution in [0.3, 0.4) is 0 Å². The highest BCUT2D eigenvalue weighted by molar-refractivity contribution is 5.87. The van der Waals surface area contributed by atoms with Crippen molar-refractivity contribution in [2.75, 3.05) is 39.3 Å². The highest BCUT2D eigenvalue weighted by Gasteiger charge is 2.41. The maximum absolute atomic E-state index is 12.6. The molecule has 2 saturated heterocycles. The number of halogens is 2. The van der Waals surface area contributed by atoms with Crippen molar-refractivity contribution < 1.29 is 9.59 Å². The number of amides is 2. The summed E-state index contributed by atoms with van der Waals surface area (Å²) in [5.74, 6) is 0.363. The van der Waals surface area contributed by atoms with Gasteiger partial charge in [0.15, 0.2) is 0 Å². The predicted octanol–water partition coefficient (Wildman–Crippen LogP) is 1.26. The summed E-state index contributed by atoms with van der Waals surface area (Å²) in [5, 5.41) is 0. The van der Waals surface area contributed by atoms with Crippen molar-refractivity contribution in [3.05, 3.63) is 0 Å². The normalized spacial score (nSPS) is 24.4. The van der Waals surface area contributed by atoms with Crippen molar-refractivity contribution in [2.24, 2.45) is 5.73 Å². The van der Waals surface area contributed by atoms with E-state index >= 15 is 0 Å². The van der Waals surface area contributed by atoms with Crippen LogP contribution in [0.25, 0.3) is 0 Å². The summed E-state index contributed by atoms with van der Waals surface area (Å²) in [5.41, 5.74) is 5.67. The van der Waals surface area contributed by atoms with Crippen molar-refractivity contribution in [1.82, 2.24) is 14.7 Å². The quantitative estimate of drug-likeness (QED) is 0.781. The average Bonchev–Trinajstić information content (AvgIpc) is 3.25. The van der Waals surface area contributed by atoms with Gasteiger partial charge in [0, 0.05) is 39.3 Å². The minimum absolute atomic E-state index is 0. The van der Waals surface area contributed by atoms with Gasteiger partial charge in [-0.25, -0.2) is 0 Å². The summed E-state index contributed by atoms with van der Waals surface area (Å²) in [6.45, 7) is 6.71. The molecular weight excluding hydrogens is 363 g/mol. The third-order valence-electron chi connectivity index (χ3n) is 5.85. The van der Waals surface area contributed by atoms with E-state index in [0.29, 0.717) is 13.1 Å². The fourth-order valence-electron chi connectivity index (χ4n) is 4.20. The maximum Gasteiger partial charge on any atom is 0.242 e. The third-order valence-corrected chi connectivity index (χ3v) is 5.85. The number of likely N-dealkylation sites (tertiary alicyclic amines) is 1. The number of nitrogens with zero attached hydrogens (tertiary/aromatic N) is 3. The Morgan fingerprint density at radius 3 is 1.88 bits per heavy atom. The minimum atomic E-state index is -0.626. The molecular formula is C17H32Cl2N4O2. The van der Waals surface area contributed by atoms with Gasteiger partial charge in [-0.1, -0.05) is 12.8 Å². The molecule has 2 aliphatic heterocycles. The molecule has 6 nitrogen and oxygen atoms in total. The lowest BCUT2D eigenvalue weighted by Gasteiger charge is -2.40. The Labute approximate surface area is 163 Å². The van der Waals surface area contributed by atoms with Crippen LogP contribution < -0.4 is 5.73 Å². The minimum Gasteiger partial charge on any atom is -0.341 e. The number of piperazine rings is 1. The molecule has 1 unspecified atom stereocenters. The van der Waals surface area contributed by atoms with Gasteiger partial charge >= 0.3 is 0 Å². The van der Waals surface area contributed by atoms with E-state index in [0.717, 1.165) is 64.7 Å². The fourth-order valence-corrected chi connectivity index (χ4v) is 4.20. The molecule has 3 aliphatic rings. The lowest BCUT2D eigenvalue weighted by molar-refractivity contribution is -0.141. The molecule has 1 aliphatic carbocycles. The molecule has 0 spiro atoms. The summed E-state index contributed by atoms with van der Waals surface area (Å²) < 4.78 is 0. The first kappa shape index (κ1) is 22.5. The molecule has 146 valence electrons. The Balaban J connectivity index is 0.00000156. The first-order valence-corrected chi connectivity index (χ1v) is 9.12. The second kappa shape index (κ2) is 9.40. The van der Waals surface area contributed by atoms with Gasteiger partial charge < -0.3 is 15.5 Å². The van der Waals surface area contributed by atoms with E-state index in [1.807, 2.05) is 16.7 Å². The molecule has 25 heavy (non-hydrogen) atoms. The molecule has 8 heteroatoms. The number of carbonyl (C=O) groups excluding carboxylic acids is 2. The highest BCUT2D eigenvalue weighted by Crippen LogP contribution is 2.29. The monoisotopic (exact) mass is 394 g/mol.